The molecule has 0 radical (unpaired) electrons. The van der Waals surface area contributed by atoms with Gasteiger partial charge in [-0.15, -0.1) is 0 Å². The highest BCUT2D eigenvalue weighted by Gasteiger charge is 2.47. The van der Waals surface area contributed by atoms with Gasteiger partial charge in [0.05, 0.1) is 12.7 Å². The molecule has 1 aromatic carbocycles. The third-order valence-corrected chi connectivity index (χ3v) is 7.23. The standard InChI is InChI=1S/C26H34N2O5S/c1-7-34-13-12-33-26(31)21-16(3)27-19-14-15(2)20(25(30)32-6)24(29)23(19)22(21)17-8-10-18(11-9-17)28(4)5/h8-11,15,20,22,27H,7,12-14H2,1-6H3/t15-,20-,22-/m1/s1. The minimum absolute atomic E-state index is 0.213. The van der Waals surface area contributed by atoms with Gasteiger partial charge in [0.25, 0.3) is 0 Å². The lowest BCUT2D eigenvalue weighted by atomic mass is 9.69. The Labute approximate surface area is 205 Å². The lowest BCUT2D eigenvalue weighted by molar-refractivity contribution is -0.151. The van der Waals surface area contributed by atoms with E-state index in [1.807, 2.05) is 57.1 Å². The predicted octanol–water partition coefficient (Wildman–Crippen LogP) is 3.66. The summed E-state index contributed by atoms with van der Waals surface area (Å²) in [6.07, 6.45) is 0.514. The Balaban J connectivity index is 2.08. The van der Waals surface area contributed by atoms with Crippen LogP contribution in [0.5, 0.6) is 0 Å². The molecule has 0 spiro atoms. The second kappa shape index (κ2) is 11.1. The number of nitrogens with one attached hydrogen (secondary N) is 1. The van der Waals surface area contributed by atoms with Gasteiger partial charge in [0.15, 0.2) is 5.78 Å². The molecule has 1 heterocycles. The van der Waals surface area contributed by atoms with Crippen molar-refractivity contribution in [3.05, 3.63) is 52.4 Å². The van der Waals surface area contributed by atoms with Crippen LogP contribution in [0.15, 0.2) is 46.8 Å². The first kappa shape index (κ1) is 25.9. The Kier molecular flexibility index (Phi) is 8.47. The number of allylic oxidation sites excluding steroid dienone is 3. The van der Waals surface area contributed by atoms with Crippen LogP contribution >= 0.6 is 11.8 Å². The second-order valence-electron chi connectivity index (χ2n) is 8.85. The maximum Gasteiger partial charge on any atom is 0.336 e. The zero-order valence-corrected chi connectivity index (χ0v) is 21.6. The number of esters is 2. The number of hydrogen-bond donors (Lipinski definition) is 1. The SMILES string of the molecule is CCSCCOC(=O)C1=C(C)NC2=C(C(=O)[C@H](C(=O)OC)[C@H](C)C2)[C@@H]1c1ccc(N(C)C)cc1. The molecule has 0 aromatic heterocycles. The number of carbonyl (C=O) groups is 3. The number of ether oxygens (including phenoxy) is 2. The third-order valence-electron chi connectivity index (χ3n) is 6.37. The van der Waals surface area contributed by atoms with Crippen molar-refractivity contribution in [1.29, 1.82) is 0 Å². The Bertz CT molecular complexity index is 1010. The summed E-state index contributed by atoms with van der Waals surface area (Å²) < 4.78 is 10.6. The zero-order valence-electron chi connectivity index (χ0n) is 20.8. The molecule has 34 heavy (non-hydrogen) atoms. The van der Waals surface area contributed by atoms with E-state index < -0.39 is 23.8 Å². The van der Waals surface area contributed by atoms with E-state index in [0.717, 1.165) is 22.7 Å². The monoisotopic (exact) mass is 486 g/mol. The van der Waals surface area contributed by atoms with E-state index in [0.29, 0.717) is 35.6 Å². The average Bonchev–Trinajstić information content (AvgIpc) is 2.80. The molecule has 1 aromatic rings. The number of anilines is 1. The fraction of sp³-hybridized carbons (Fsp3) is 0.500. The molecule has 1 aliphatic heterocycles. The number of benzene rings is 1. The quantitative estimate of drug-likeness (QED) is 0.339. The van der Waals surface area contributed by atoms with Crippen molar-refractivity contribution >= 4 is 35.2 Å². The average molecular weight is 487 g/mol. The summed E-state index contributed by atoms with van der Waals surface area (Å²) in [4.78, 5) is 41.5. The molecule has 184 valence electrons. The number of Topliss-reactive ketones (excluding diaryl/α,β-unsaturated/α-hetero) is 1. The van der Waals surface area contributed by atoms with Crippen LogP contribution in [0.2, 0.25) is 0 Å². The number of thioether (sulfide) groups is 1. The van der Waals surface area contributed by atoms with Gasteiger partial charge < -0.3 is 19.7 Å². The number of rotatable bonds is 8. The maximum atomic E-state index is 13.7. The zero-order chi connectivity index (χ0) is 25.0. The summed E-state index contributed by atoms with van der Waals surface area (Å²) in [7, 11) is 5.20. The smallest absolute Gasteiger partial charge is 0.336 e. The van der Waals surface area contributed by atoms with Crippen LogP contribution < -0.4 is 10.2 Å². The summed E-state index contributed by atoms with van der Waals surface area (Å²) in [5.74, 6) is -1.37. The van der Waals surface area contributed by atoms with Crippen molar-refractivity contribution in [2.45, 2.75) is 33.1 Å². The predicted molar refractivity (Wildman–Crippen MR) is 135 cm³/mol. The summed E-state index contributed by atoms with van der Waals surface area (Å²) >= 11 is 1.70. The number of nitrogens with zero attached hydrogens (tertiary/aromatic N) is 1. The van der Waals surface area contributed by atoms with Gasteiger partial charge >= 0.3 is 11.9 Å². The van der Waals surface area contributed by atoms with Gasteiger partial charge in [-0.2, -0.15) is 11.8 Å². The highest BCUT2D eigenvalue weighted by molar-refractivity contribution is 7.99. The van der Waals surface area contributed by atoms with Crippen molar-refractivity contribution in [3.63, 3.8) is 0 Å². The van der Waals surface area contributed by atoms with Gasteiger partial charge in [0.2, 0.25) is 0 Å². The topological polar surface area (TPSA) is 84.9 Å². The number of dihydropyridines is 1. The largest absolute Gasteiger partial charge is 0.468 e. The molecule has 3 rings (SSSR count). The van der Waals surface area contributed by atoms with Crippen molar-refractivity contribution in [3.8, 4) is 0 Å². The van der Waals surface area contributed by atoms with Gasteiger partial charge in [-0.3, -0.25) is 9.59 Å². The lowest BCUT2D eigenvalue weighted by Crippen LogP contribution is -2.43. The van der Waals surface area contributed by atoms with Gasteiger partial charge in [0.1, 0.15) is 12.5 Å². The molecule has 1 N–H and O–H groups in total. The number of ketones is 1. The van der Waals surface area contributed by atoms with E-state index in [1.165, 1.54) is 7.11 Å². The van der Waals surface area contributed by atoms with Crippen LogP contribution in [0.3, 0.4) is 0 Å². The van der Waals surface area contributed by atoms with Gasteiger partial charge in [-0.25, -0.2) is 4.79 Å². The fourth-order valence-electron chi connectivity index (χ4n) is 4.66. The summed E-state index contributed by atoms with van der Waals surface area (Å²) in [6, 6.07) is 7.78. The first-order valence-electron chi connectivity index (χ1n) is 11.6. The normalized spacial score (nSPS) is 22.2. The Morgan fingerprint density at radius 2 is 1.88 bits per heavy atom. The van der Waals surface area contributed by atoms with E-state index in [1.54, 1.807) is 11.8 Å². The summed E-state index contributed by atoms with van der Waals surface area (Å²) in [5.41, 5.74) is 4.10. The molecule has 7 nitrogen and oxygen atoms in total. The first-order chi connectivity index (χ1) is 16.2. The van der Waals surface area contributed by atoms with Crippen LogP contribution in [0.4, 0.5) is 5.69 Å². The second-order valence-corrected chi connectivity index (χ2v) is 10.2. The van der Waals surface area contributed by atoms with E-state index in [-0.39, 0.29) is 11.7 Å². The van der Waals surface area contributed by atoms with Gasteiger partial charge in [0, 0.05) is 48.4 Å². The molecular weight excluding hydrogens is 452 g/mol. The molecule has 1 aliphatic carbocycles. The van der Waals surface area contributed by atoms with Gasteiger partial charge in [-0.1, -0.05) is 26.0 Å². The number of methoxy groups -OCH3 is 1. The van der Waals surface area contributed by atoms with Crippen molar-refractivity contribution in [1.82, 2.24) is 5.32 Å². The Hall–Kier alpha value is -2.74. The number of carbonyl (C=O) groups excluding carboxylic acids is 3. The summed E-state index contributed by atoms with van der Waals surface area (Å²) in [6.45, 7) is 6.06. The summed E-state index contributed by atoms with van der Waals surface area (Å²) in [5, 5.41) is 3.29. The van der Waals surface area contributed by atoms with Crippen molar-refractivity contribution in [2.24, 2.45) is 11.8 Å². The third kappa shape index (κ3) is 5.17. The molecule has 0 amide bonds. The minimum atomic E-state index is -0.897. The Morgan fingerprint density at radius 1 is 1.21 bits per heavy atom. The molecule has 0 bridgehead atoms. The molecule has 8 heteroatoms. The molecule has 2 aliphatic rings. The van der Waals surface area contributed by atoms with E-state index in [4.69, 9.17) is 9.47 Å². The van der Waals surface area contributed by atoms with Crippen molar-refractivity contribution in [2.75, 3.05) is 44.2 Å². The molecule has 0 saturated carbocycles. The fourth-order valence-corrected chi connectivity index (χ4v) is 5.15. The van der Waals surface area contributed by atoms with E-state index >= 15 is 0 Å². The molecular formula is C26H34N2O5S. The molecule has 3 atom stereocenters. The first-order valence-corrected chi connectivity index (χ1v) is 12.7. The molecule has 0 saturated heterocycles. The van der Waals surface area contributed by atoms with Crippen LogP contribution in [0.25, 0.3) is 0 Å². The lowest BCUT2D eigenvalue weighted by Gasteiger charge is -2.38. The molecule has 0 unspecified atom stereocenters. The van der Waals surface area contributed by atoms with Crippen molar-refractivity contribution < 1.29 is 23.9 Å². The van der Waals surface area contributed by atoms with Crippen LogP contribution in [-0.2, 0) is 23.9 Å². The minimum Gasteiger partial charge on any atom is -0.468 e. The highest BCUT2D eigenvalue weighted by Crippen LogP contribution is 2.45. The maximum absolute atomic E-state index is 13.7. The molecule has 0 fully saturated rings. The van der Waals surface area contributed by atoms with Crippen LogP contribution in [0, 0.1) is 11.8 Å². The van der Waals surface area contributed by atoms with Crippen LogP contribution in [-0.4, -0.2) is 57.0 Å². The van der Waals surface area contributed by atoms with E-state index in [2.05, 4.69) is 12.2 Å². The highest BCUT2D eigenvalue weighted by atomic mass is 32.2. The van der Waals surface area contributed by atoms with E-state index in [9.17, 15) is 14.4 Å². The van der Waals surface area contributed by atoms with Gasteiger partial charge in [-0.05, 0) is 42.7 Å². The number of hydrogen-bond acceptors (Lipinski definition) is 8. The van der Waals surface area contributed by atoms with Crippen LogP contribution in [0.1, 0.15) is 38.7 Å². The Morgan fingerprint density at radius 3 is 2.47 bits per heavy atom.